The highest BCUT2D eigenvalue weighted by atomic mass is 32.1. The number of nitrogens with zero attached hydrogens (tertiary/aromatic N) is 2. The summed E-state index contributed by atoms with van der Waals surface area (Å²) in [6.45, 7) is 9.81. The Bertz CT molecular complexity index is 1170. The monoisotopic (exact) mass is 540 g/mol. The second kappa shape index (κ2) is 15.2. The summed E-state index contributed by atoms with van der Waals surface area (Å²) in [4.78, 5) is 27.8. The average molecular weight is 541 g/mol. The van der Waals surface area contributed by atoms with E-state index in [1.54, 1.807) is 6.92 Å². The number of rotatable bonds is 12. The van der Waals surface area contributed by atoms with E-state index in [4.69, 9.17) is 4.74 Å². The van der Waals surface area contributed by atoms with E-state index >= 15 is 0 Å². The molecule has 0 atom stereocenters. The minimum Gasteiger partial charge on any atom is -0.488 e. The Morgan fingerprint density at radius 1 is 1.13 bits per heavy atom. The van der Waals surface area contributed by atoms with Crippen LogP contribution >= 0.6 is 11.3 Å². The summed E-state index contributed by atoms with van der Waals surface area (Å²) in [5.41, 5.74) is 4.09. The van der Waals surface area contributed by atoms with Crippen LogP contribution in [-0.4, -0.2) is 50.1 Å². The molecule has 2 heterocycles. The molecule has 0 saturated heterocycles. The summed E-state index contributed by atoms with van der Waals surface area (Å²) in [5, 5.41) is 0. The quantitative estimate of drug-likeness (QED) is 0.254. The summed E-state index contributed by atoms with van der Waals surface area (Å²) in [6.07, 6.45) is 1.88. The molecule has 8 heteroatoms. The Kier molecular flexibility index (Phi) is 11.8. The van der Waals surface area contributed by atoms with Crippen molar-refractivity contribution in [3.05, 3.63) is 69.9 Å². The van der Waals surface area contributed by atoms with Crippen molar-refractivity contribution >= 4 is 29.4 Å². The molecule has 0 aliphatic carbocycles. The van der Waals surface area contributed by atoms with Crippen molar-refractivity contribution < 1.29 is 23.5 Å². The first-order chi connectivity index (χ1) is 18.5. The van der Waals surface area contributed by atoms with Gasteiger partial charge in [-0.15, -0.1) is 11.3 Å². The fourth-order valence-corrected chi connectivity index (χ4v) is 5.36. The molecular weight excluding hydrogens is 503 g/mol. The number of amides is 1. The fraction of sp³-hybridized carbons (Fsp3) is 0.400. The molecule has 0 saturated carbocycles. The van der Waals surface area contributed by atoms with Crippen LogP contribution in [0.25, 0.3) is 11.1 Å². The lowest BCUT2D eigenvalue weighted by molar-refractivity contribution is -0.128. The number of fused-ring (bicyclic) bond motifs is 1. The van der Waals surface area contributed by atoms with E-state index < -0.39 is 6.67 Å². The minimum absolute atomic E-state index is 0.156. The SMILES string of the molecule is CCCN(CC)CC(=O)N1CCc2cc(OCc3cc(-c4ccccc4)c(CF)s3)ccc21.CCOC=O. The first-order valence-corrected chi connectivity index (χ1v) is 13.9. The lowest BCUT2D eigenvalue weighted by Crippen LogP contribution is -2.39. The van der Waals surface area contributed by atoms with Gasteiger partial charge in [-0.1, -0.05) is 44.2 Å². The topological polar surface area (TPSA) is 59.1 Å². The zero-order valence-electron chi connectivity index (χ0n) is 22.5. The van der Waals surface area contributed by atoms with Crippen molar-refractivity contribution in [1.29, 1.82) is 0 Å². The fourth-order valence-electron chi connectivity index (χ4n) is 4.41. The molecule has 204 valence electrons. The minimum atomic E-state index is -0.481. The predicted octanol–water partition coefficient (Wildman–Crippen LogP) is 6.26. The second-order valence-electron chi connectivity index (χ2n) is 8.84. The zero-order valence-corrected chi connectivity index (χ0v) is 23.3. The number of thiophene rings is 1. The second-order valence-corrected chi connectivity index (χ2v) is 10.1. The first kappa shape index (κ1) is 29.3. The Hall–Kier alpha value is -3.23. The highest BCUT2D eigenvalue weighted by Gasteiger charge is 2.26. The van der Waals surface area contributed by atoms with Crippen LogP contribution in [0.3, 0.4) is 0 Å². The third-order valence-corrected chi connectivity index (χ3v) is 7.35. The Balaban J connectivity index is 0.000000732. The molecule has 0 unspecified atom stereocenters. The molecule has 0 fully saturated rings. The number of carbonyl (C=O) groups is 2. The van der Waals surface area contributed by atoms with E-state index in [1.165, 1.54) is 11.3 Å². The van der Waals surface area contributed by atoms with Gasteiger partial charge < -0.3 is 14.4 Å². The van der Waals surface area contributed by atoms with Crippen LogP contribution in [0, 0.1) is 0 Å². The van der Waals surface area contributed by atoms with E-state index in [2.05, 4.69) is 23.5 Å². The predicted molar refractivity (Wildman–Crippen MR) is 151 cm³/mol. The van der Waals surface area contributed by atoms with Gasteiger partial charge in [0.1, 0.15) is 19.0 Å². The summed E-state index contributed by atoms with van der Waals surface area (Å²) >= 11 is 1.46. The van der Waals surface area contributed by atoms with Gasteiger partial charge in [-0.05, 0) is 73.8 Å². The van der Waals surface area contributed by atoms with Crippen molar-refractivity contribution in [1.82, 2.24) is 4.90 Å². The van der Waals surface area contributed by atoms with Crippen LogP contribution in [0.1, 0.15) is 42.5 Å². The molecule has 3 aromatic rings. The van der Waals surface area contributed by atoms with E-state index in [0.717, 1.165) is 63.8 Å². The molecule has 38 heavy (non-hydrogen) atoms. The number of ether oxygens (including phenoxy) is 2. The number of carbonyl (C=O) groups excluding carboxylic acids is 2. The lowest BCUT2D eigenvalue weighted by atomic mass is 10.1. The molecule has 6 nitrogen and oxygen atoms in total. The zero-order chi connectivity index (χ0) is 27.3. The van der Waals surface area contributed by atoms with Crippen molar-refractivity contribution in [2.24, 2.45) is 0 Å². The van der Waals surface area contributed by atoms with Gasteiger partial charge in [0.25, 0.3) is 6.47 Å². The molecule has 2 aromatic carbocycles. The van der Waals surface area contributed by atoms with Gasteiger partial charge in [-0.3, -0.25) is 14.5 Å². The number of alkyl halides is 1. The van der Waals surface area contributed by atoms with E-state index in [-0.39, 0.29) is 5.91 Å². The van der Waals surface area contributed by atoms with Crippen molar-refractivity contribution in [2.45, 2.75) is 46.9 Å². The molecule has 4 rings (SSSR count). The van der Waals surface area contributed by atoms with Crippen LogP contribution in [-0.2, 0) is 34.0 Å². The van der Waals surface area contributed by atoms with Crippen LogP contribution in [0.5, 0.6) is 5.75 Å². The summed E-state index contributed by atoms with van der Waals surface area (Å²) in [7, 11) is 0. The van der Waals surface area contributed by atoms with Gasteiger partial charge in [0, 0.05) is 22.0 Å². The van der Waals surface area contributed by atoms with Crippen molar-refractivity contribution in [3.8, 4) is 16.9 Å². The molecule has 1 aliphatic heterocycles. The maximum Gasteiger partial charge on any atom is 0.293 e. The van der Waals surface area contributed by atoms with Crippen LogP contribution in [0.2, 0.25) is 0 Å². The number of hydrogen-bond donors (Lipinski definition) is 0. The summed E-state index contributed by atoms with van der Waals surface area (Å²) in [5.74, 6) is 0.934. The van der Waals surface area contributed by atoms with Gasteiger partial charge in [-0.25, -0.2) is 4.39 Å². The van der Waals surface area contributed by atoms with Crippen LogP contribution in [0.4, 0.5) is 10.1 Å². The highest BCUT2D eigenvalue weighted by molar-refractivity contribution is 7.12. The molecule has 0 spiro atoms. The Labute approximate surface area is 229 Å². The number of hydrogen-bond acceptors (Lipinski definition) is 6. The van der Waals surface area contributed by atoms with E-state index in [1.807, 2.05) is 59.5 Å². The molecule has 1 aliphatic rings. The summed E-state index contributed by atoms with van der Waals surface area (Å²) < 4.78 is 23.8. The molecule has 1 amide bonds. The largest absolute Gasteiger partial charge is 0.488 e. The first-order valence-electron chi connectivity index (χ1n) is 13.1. The number of anilines is 1. The molecule has 1 aromatic heterocycles. The van der Waals surface area contributed by atoms with Gasteiger partial charge in [0.15, 0.2) is 0 Å². The smallest absolute Gasteiger partial charge is 0.293 e. The molecular formula is C30H37FN2O4S. The maximum absolute atomic E-state index is 13.6. The number of benzene rings is 2. The molecule has 0 bridgehead atoms. The van der Waals surface area contributed by atoms with Crippen LogP contribution in [0.15, 0.2) is 54.6 Å². The van der Waals surface area contributed by atoms with Gasteiger partial charge in [0.2, 0.25) is 5.91 Å². The van der Waals surface area contributed by atoms with Crippen molar-refractivity contribution in [3.63, 3.8) is 0 Å². The third-order valence-electron chi connectivity index (χ3n) is 6.28. The highest BCUT2D eigenvalue weighted by Crippen LogP contribution is 2.34. The third kappa shape index (κ3) is 7.88. The van der Waals surface area contributed by atoms with E-state index in [9.17, 15) is 14.0 Å². The molecule has 0 N–H and O–H groups in total. The van der Waals surface area contributed by atoms with E-state index in [0.29, 0.717) is 32.8 Å². The van der Waals surface area contributed by atoms with Gasteiger partial charge >= 0.3 is 0 Å². The van der Waals surface area contributed by atoms with Gasteiger partial charge in [0.05, 0.1) is 13.2 Å². The standard InChI is InChI=1S/C27H31FN2O2S.C3H6O2/c1-3-13-29(4-2)18-27(31)30-14-12-21-15-22(10-11-25(21)30)32-19-23-16-24(26(17-28)33-23)20-8-6-5-7-9-20;1-2-5-3-4/h5-11,15-16H,3-4,12-14,17-19H2,1-2H3;3H,2H2,1H3. The van der Waals surface area contributed by atoms with Gasteiger partial charge in [-0.2, -0.15) is 0 Å². The Morgan fingerprint density at radius 2 is 1.92 bits per heavy atom. The maximum atomic E-state index is 13.6. The lowest BCUT2D eigenvalue weighted by Gasteiger charge is -2.23. The average Bonchev–Trinajstić information content (AvgIpc) is 3.57. The Morgan fingerprint density at radius 3 is 2.55 bits per heavy atom. The molecule has 0 radical (unpaired) electrons. The van der Waals surface area contributed by atoms with Crippen molar-refractivity contribution in [2.75, 3.05) is 37.7 Å². The summed E-state index contributed by atoms with van der Waals surface area (Å²) in [6, 6.07) is 17.9. The number of halogens is 1. The number of likely N-dealkylation sites (N-methyl/N-ethyl adjacent to an activating group) is 1. The van der Waals surface area contributed by atoms with Crippen LogP contribution < -0.4 is 9.64 Å². The normalized spacial score (nSPS) is 12.1.